The van der Waals surface area contributed by atoms with E-state index in [9.17, 15) is 18.0 Å². The highest BCUT2D eigenvalue weighted by molar-refractivity contribution is 5.79. The molecule has 2 atom stereocenters. The molecule has 2 heterocycles. The lowest BCUT2D eigenvalue weighted by molar-refractivity contribution is -0.137. The third-order valence-electron chi connectivity index (χ3n) is 7.93. The van der Waals surface area contributed by atoms with Gasteiger partial charge in [-0.1, -0.05) is 12.8 Å². The van der Waals surface area contributed by atoms with E-state index >= 15 is 0 Å². The van der Waals surface area contributed by atoms with Crippen LogP contribution in [0.4, 0.5) is 18.9 Å². The van der Waals surface area contributed by atoms with Gasteiger partial charge in [0, 0.05) is 52.0 Å². The number of halogens is 3. The minimum atomic E-state index is -4.55. The summed E-state index contributed by atoms with van der Waals surface area (Å²) in [4.78, 5) is 19.2. The number of alkyl halides is 3. The van der Waals surface area contributed by atoms with E-state index in [1.165, 1.54) is 31.7 Å². The first-order valence-electron chi connectivity index (χ1n) is 12.0. The standard InChI is InChI=1S/C25H33F3N4O/c1-30(2)24(33)22-16-32(19-5-3-4-6-19)15-21(22)17-9-11-31(12-10-17)20-8-7-18(14-29)23(13-20)25(26,27)28/h7-8,13,17,19,21-22H,3-6,9-12,15-16H2,1-2H3/t21-,22+/m0/s1. The van der Waals surface area contributed by atoms with Gasteiger partial charge in [0.1, 0.15) is 0 Å². The first kappa shape index (κ1) is 23.9. The van der Waals surface area contributed by atoms with Crippen LogP contribution in [0, 0.1) is 29.1 Å². The number of piperidine rings is 1. The molecule has 1 amide bonds. The van der Waals surface area contributed by atoms with Crippen molar-refractivity contribution in [3.05, 3.63) is 29.3 Å². The average molecular weight is 463 g/mol. The van der Waals surface area contributed by atoms with Crippen molar-refractivity contribution >= 4 is 11.6 Å². The molecule has 5 nitrogen and oxygen atoms in total. The zero-order valence-corrected chi connectivity index (χ0v) is 19.4. The molecular formula is C25H33F3N4O. The van der Waals surface area contributed by atoms with Gasteiger partial charge in [0.05, 0.1) is 23.1 Å². The van der Waals surface area contributed by atoms with E-state index in [4.69, 9.17) is 5.26 Å². The number of benzene rings is 1. The number of rotatable bonds is 4. The lowest BCUT2D eigenvalue weighted by Gasteiger charge is -2.38. The molecule has 2 saturated heterocycles. The Labute approximate surface area is 194 Å². The molecule has 33 heavy (non-hydrogen) atoms. The number of nitriles is 1. The summed E-state index contributed by atoms with van der Waals surface area (Å²) in [7, 11) is 3.65. The molecule has 3 aliphatic rings. The number of nitrogens with zero attached hydrogens (tertiary/aromatic N) is 4. The minimum absolute atomic E-state index is 0.00361. The van der Waals surface area contributed by atoms with Crippen LogP contribution in [-0.4, -0.2) is 62.0 Å². The third kappa shape index (κ3) is 4.98. The van der Waals surface area contributed by atoms with Crippen molar-refractivity contribution in [2.24, 2.45) is 17.8 Å². The van der Waals surface area contributed by atoms with Gasteiger partial charge in [0.15, 0.2) is 0 Å². The fourth-order valence-corrected chi connectivity index (χ4v) is 6.15. The smallest absolute Gasteiger partial charge is 0.372 e. The van der Waals surface area contributed by atoms with Crippen LogP contribution < -0.4 is 4.90 Å². The number of hydrogen-bond acceptors (Lipinski definition) is 4. The van der Waals surface area contributed by atoms with Gasteiger partial charge in [-0.3, -0.25) is 9.69 Å². The van der Waals surface area contributed by atoms with E-state index in [2.05, 4.69) is 4.90 Å². The van der Waals surface area contributed by atoms with Crippen LogP contribution >= 0.6 is 0 Å². The second-order valence-electron chi connectivity index (χ2n) is 10.1. The normalized spacial score (nSPS) is 25.4. The van der Waals surface area contributed by atoms with Crippen molar-refractivity contribution in [3.63, 3.8) is 0 Å². The Bertz CT molecular complexity index is 896. The monoisotopic (exact) mass is 462 g/mol. The van der Waals surface area contributed by atoms with Crippen LogP contribution in [0.25, 0.3) is 0 Å². The van der Waals surface area contributed by atoms with Crippen molar-refractivity contribution in [3.8, 4) is 6.07 Å². The maximum atomic E-state index is 13.4. The maximum absolute atomic E-state index is 13.4. The van der Waals surface area contributed by atoms with Crippen LogP contribution in [0.15, 0.2) is 18.2 Å². The molecule has 0 radical (unpaired) electrons. The second kappa shape index (κ2) is 9.54. The Kier molecular flexibility index (Phi) is 6.90. The van der Waals surface area contributed by atoms with E-state index in [0.717, 1.165) is 32.0 Å². The lowest BCUT2D eigenvalue weighted by Crippen LogP contribution is -2.41. The Hall–Kier alpha value is -2.27. The van der Waals surface area contributed by atoms with E-state index in [1.54, 1.807) is 17.0 Å². The van der Waals surface area contributed by atoms with Gasteiger partial charge in [0.25, 0.3) is 0 Å². The van der Waals surface area contributed by atoms with E-state index < -0.39 is 11.7 Å². The van der Waals surface area contributed by atoms with E-state index in [-0.39, 0.29) is 17.4 Å². The first-order valence-corrected chi connectivity index (χ1v) is 12.0. The molecule has 2 aliphatic heterocycles. The van der Waals surface area contributed by atoms with Crippen molar-refractivity contribution in [1.82, 2.24) is 9.80 Å². The predicted molar refractivity (Wildman–Crippen MR) is 121 cm³/mol. The average Bonchev–Trinajstić information content (AvgIpc) is 3.47. The van der Waals surface area contributed by atoms with Gasteiger partial charge in [0.2, 0.25) is 5.91 Å². The van der Waals surface area contributed by atoms with E-state index in [0.29, 0.717) is 36.7 Å². The largest absolute Gasteiger partial charge is 0.417 e. The molecule has 0 spiro atoms. The SMILES string of the molecule is CN(C)C(=O)[C@@H]1CN(C2CCCC2)C[C@H]1C1CCN(c2ccc(C#N)c(C(F)(F)F)c2)CC1. The molecule has 1 aliphatic carbocycles. The zero-order valence-electron chi connectivity index (χ0n) is 19.4. The fourth-order valence-electron chi connectivity index (χ4n) is 6.15. The van der Waals surface area contributed by atoms with Crippen LogP contribution in [0.1, 0.15) is 49.7 Å². The Morgan fingerprint density at radius 1 is 1.09 bits per heavy atom. The van der Waals surface area contributed by atoms with Crippen LogP contribution in [0.5, 0.6) is 0 Å². The van der Waals surface area contributed by atoms with E-state index in [1.807, 2.05) is 19.0 Å². The fraction of sp³-hybridized carbons (Fsp3) is 0.680. The van der Waals surface area contributed by atoms with Crippen molar-refractivity contribution in [1.29, 1.82) is 5.26 Å². The maximum Gasteiger partial charge on any atom is 0.417 e. The topological polar surface area (TPSA) is 50.6 Å². The number of carbonyl (C=O) groups excluding carboxylic acids is 1. The van der Waals surface area contributed by atoms with Gasteiger partial charge >= 0.3 is 6.18 Å². The molecule has 1 aromatic carbocycles. The number of anilines is 1. The quantitative estimate of drug-likeness (QED) is 0.667. The highest BCUT2D eigenvalue weighted by atomic mass is 19.4. The summed E-state index contributed by atoms with van der Waals surface area (Å²) in [6.07, 6.45) is 2.14. The van der Waals surface area contributed by atoms with Gasteiger partial charge in [-0.15, -0.1) is 0 Å². The molecule has 0 unspecified atom stereocenters. The molecular weight excluding hydrogens is 429 g/mol. The van der Waals surface area contributed by atoms with Gasteiger partial charge in [-0.2, -0.15) is 18.4 Å². The molecule has 1 saturated carbocycles. The van der Waals surface area contributed by atoms with Crippen LogP contribution in [0.2, 0.25) is 0 Å². The number of carbonyl (C=O) groups is 1. The second-order valence-corrected chi connectivity index (χ2v) is 10.1. The molecule has 180 valence electrons. The van der Waals surface area contributed by atoms with Crippen LogP contribution in [-0.2, 0) is 11.0 Å². The number of likely N-dealkylation sites (tertiary alicyclic amines) is 1. The van der Waals surface area contributed by atoms with Gasteiger partial charge in [-0.25, -0.2) is 0 Å². The Morgan fingerprint density at radius 2 is 1.76 bits per heavy atom. The summed E-state index contributed by atoms with van der Waals surface area (Å²) in [5.74, 6) is 0.894. The summed E-state index contributed by atoms with van der Waals surface area (Å²) in [6.45, 7) is 3.11. The summed E-state index contributed by atoms with van der Waals surface area (Å²) in [5.41, 5.74) is -0.701. The molecule has 8 heteroatoms. The van der Waals surface area contributed by atoms with Crippen molar-refractivity contribution in [2.75, 3.05) is 45.2 Å². The molecule has 4 rings (SSSR count). The predicted octanol–water partition coefficient (Wildman–Crippen LogP) is 4.37. The molecule has 3 fully saturated rings. The number of amides is 1. The van der Waals surface area contributed by atoms with Crippen molar-refractivity contribution < 1.29 is 18.0 Å². The summed E-state index contributed by atoms with van der Waals surface area (Å²) >= 11 is 0. The van der Waals surface area contributed by atoms with Crippen LogP contribution in [0.3, 0.4) is 0 Å². The third-order valence-corrected chi connectivity index (χ3v) is 7.93. The van der Waals surface area contributed by atoms with Crippen molar-refractivity contribution in [2.45, 2.75) is 50.7 Å². The summed E-state index contributed by atoms with van der Waals surface area (Å²) in [5, 5.41) is 9.05. The molecule has 0 aromatic heterocycles. The first-order chi connectivity index (χ1) is 15.7. The zero-order chi connectivity index (χ0) is 23.8. The Balaban J connectivity index is 1.46. The Morgan fingerprint density at radius 3 is 2.33 bits per heavy atom. The number of hydrogen-bond donors (Lipinski definition) is 0. The van der Waals surface area contributed by atoms with Gasteiger partial charge < -0.3 is 9.80 Å². The summed E-state index contributed by atoms with van der Waals surface area (Å²) in [6, 6.07) is 6.23. The summed E-state index contributed by atoms with van der Waals surface area (Å²) < 4.78 is 40.2. The molecule has 1 aromatic rings. The minimum Gasteiger partial charge on any atom is -0.372 e. The highest BCUT2D eigenvalue weighted by Gasteiger charge is 2.45. The van der Waals surface area contributed by atoms with Gasteiger partial charge in [-0.05, 0) is 55.7 Å². The lowest BCUT2D eigenvalue weighted by atomic mass is 9.78. The molecule has 0 N–H and O–H groups in total. The molecule has 0 bridgehead atoms. The highest BCUT2D eigenvalue weighted by Crippen LogP contribution is 2.41.